The minimum Gasteiger partial charge on any atom is -0.383 e. The van der Waals surface area contributed by atoms with E-state index in [2.05, 4.69) is 15.1 Å². The Morgan fingerprint density at radius 3 is 2.65 bits per heavy atom. The Labute approximate surface area is 148 Å². The van der Waals surface area contributed by atoms with Crippen molar-refractivity contribution in [3.63, 3.8) is 0 Å². The van der Waals surface area contributed by atoms with Gasteiger partial charge in [-0.1, -0.05) is 5.16 Å². The van der Waals surface area contributed by atoms with Gasteiger partial charge in [0.15, 0.2) is 0 Å². The summed E-state index contributed by atoms with van der Waals surface area (Å²) in [6, 6.07) is 7.43. The zero-order valence-electron chi connectivity index (χ0n) is 14.2. The second kappa shape index (κ2) is 6.93. The van der Waals surface area contributed by atoms with E-state index in [4.69, 9.17) is 9.26 Å². The molecule has 0 radical (unpaired) electrons. The third-order valence-electron chi connectivity index (χ3n) is 4.14. The monoisotopic (exact) mass is 351 g/mol. The minimum atomic E-state index is -0.104. The van der Waals surface area contributed by atoms with Gasteiger partial charge in [-0.2, -0.15) is 4.98 Å². The Morgan fingerprint density at radius 2 is 1.88 bits per heavy atom. The zero-order valence-corrected chi connectivity index (χ0v) is 14.2. The van der Waals surface area contributed by atoms with E-state index in [1.807, 2.05) is 22.9 Å². The molecule has 0 aromatic carbocycles. The fraction of sp³-hybridized carbons (Fsp3) is 0.222. The smallest absolute Gasteiger partial charge is 0.275 e. The van der Waals surface area contributed by atoms with Crippen LogP contribution in [0, 0.1) is 0 Å². The molecule has 0 N–H and O–H groups in total. The van der Waals surface area contributed by atoms with Crippen LogP contribution in [0.15, 0.2) is 58.4 Å². The number of nitrogens with zero attached hydrogens (tertiary/aromatic N) is 5. The first kappa shape index (κ1) is 16.2. The first-order chi connectivity index (χ1) is 12.8. The van der Waals surface area contributed by atoms with Crippen molar-refractivity contribution in [3.8, 4) is 11.4 Å². The molecular weight excluding hydrogens is 334 g/mol. The molecule has 4 rings (SSSR count). The number of fused-ring (bicyclic) bond motifs is 1. The SMILES string of the molecule is COCCn1ccc2ccn(Cc3nc(-c4ccncc4)no3)c(=O)c21. The van der Waals surface area contributed by atoms with Gasteiger partial charge in [0.05, 0.1) is 6.61 Å². The molecule has 0 saturated heterocycles. The molecule has 0 bridgehead atoms. The Bertz CT molecular complexity index is 1080. The number of methoxy groups -OCH3 is 1. The average molecular weight is 351 g/mol. The molecule has 4 aromatic heterocycles. The highest BCUT2D eigenvalue weighted by Crippen LogP contribution is 2.15. The third-order valence-corrected chi connectivity index (χ3v) is 4.14. The van der Waals surface area contributed by atoms with Gasteiger partial charge >= 0.3 is 0 Å². The van der Waals surface area contributed by atoms with E-state index in [1.165, 1.54) is 0 Å². The summed E-state index contributed by atoms with van der Waals surface area (Å²) in [5.74, 6) is 0.841. The molecule has 8 nitrogen and oxygen atoms in total. The number of rotatable bonds is 6. The summed E-state index contributed by atoms with van der Waals surface area (Å²) in [6.07, 6.45) is 6.96. The highest BCUT2D eigenvalue weighted by Gasteiger charge is 2.12. The molecule has 0 aliphatic carbocycles. The lowest BCUT2D eigenvalue weighted by molar-refractivity contribution is 0.188. The van der Waals surface area contributed by atoms with Crippen LogP contribution < -0.4 is 5.56 Å². The second-order valence-corrected chi connectivity index (χ2v) is 5.80. The molecule has 0 amide bonds. The van der Waals surface area contributed by atoms with Gasteiger partial charge in [0, 0.05) is 49.4 Å². The lowest BCUT2D eigenvalue weighted by Gasteiger charge is -2.06. The first-order valence-corrected chi connectivity index (χ1v) is 8.16. The molecule has 132 valence electrons. The number of hydrogen-bond donors (Lipinski definition) is 0. The number of pyridine rings is 2. The van der Waals surface area contributed by atoms with Gasteiger partial charge in [0.1, 0.15) is 12.1 Å². The van der Waals surface area contributed by atoms with E-state index >= 15 is 0 Å². The van der Waals surface area contributed by atoms with Crippen molar-refractivity contribution in [2.45, 2.75) is 13.1 Å². The van der Waals surface area contributed by atoms with Crippen LogP contribution in [0.3, 0.4) is 0 Å². The van der Waals surface area contributed by atoms with Crippen molar-refractivity contribution in [3.05, 3.63) is 65.3 Å². The highest BCUT2D eigenvalue weighted by atomic mass is 16.5. The molecule has 8 heteroatoms. The normalized spacial score (nSPS) is 11.3. The van der Waals surface area contributed by atoms with Gasteiger partial charge in [-0.25, -0.2) is 0 Å². The van der Waals surface area contributed by atoms with Gasteiger partial charge in [0.25, 0.3) is 5.56 Å². The van der Waals surface area contributed by atoms with Crippen molar-refractivity contribution < 1.29 is 9.26 Å². The fourth-order valence-corrected chi connectivity index (χ4v) is 2.83. The number of aromatic nitrogens is 5. The van der Waals surface area contributed by atoms with Crippen molar-refractivity contribution in [2.24, 2.45) is 0 Å². The number of hydrogen-bond acceptors (Lipinski definition) is 6. The van der Waals surface area contributed by atoms with E-state index in [1.54, 1.807) is 42.4 Å². The molecule has 0 aliphatic rings. The lowest BCUT2D eigenvalue weighted by Crippen LogP contribution is -2.22. The van der Waals surface area contributed by atoms with Crippen LogP contribution in [0.1, 0.15) is 5.89 Å². The maximum Gasteiger partial charge on any atom is 0.275 e. The van der Waals surface area contributed by atoms with Crippen molar-refractivity contribution in [2.75, 3.05) is 13.7 Å². The van der Waals surface area contributed by atoms with Crippen LogP contribution in [0.25, 0.3) is 22.3 Å². The Kier molecular flexibility index (Phi) is 4.32. The van der Waals surface area contributed by atoms with Gasteiger partial charge in [-0.15, -0.1) is 0 Å². The van der Waals surface area contributed by atoms with Crippen LogP contribution in [-0.4, -0.2) is 38.0 Å². The average Bonchev–Trinajstić information content (AvgIpc) is 3.30. The van der Waals surface area contributed by atoms with E-state index in [0.717, 1.165) is 10.9 Å². The molecule has 0 aliphatic heterocycles. The van der Waals surface area contributed by atoms with Crippen LogP contribution in [0.2, 0.25) is 0 Å². The lowest BCUT2D eigenvalue weighted by atomic mass is 10.2. The van der Waals surface area contributed by atoms with Crippen LogP contribution in [-0.2, 0) is 17.8 Å². The predicted octanol–water partition coefficient (Wildman–Crippen LogP) is 1.94. The largest absolute Gasteiger partial charge is 0.383 e. The Morgan fingerprint density at radius 1 is 1.12 bits per heavy atom. The number of ether oxygens (including phenoxy) is 1. The quantitative estimate of drug-likeness (QED) is 0.527. The topological polar surface area (TPSA) is 88.0 Å². The van der Waals surface area contributed by atoms with Crippen molar-refractivity contribution in [1.29, 1.82) is 0 Å². The predicted molar refractivity (Wildman–Crippen MR) is 94.7 cm³/mol. The van der Waals surface area contributed by atoms with Gasteiger partial charge in [-0.05, 0) is 24.3 Å². The molecule has 26 heavy (non-hydrogen) atoms. The maximum absolute atomic E-state index is 12.9. The van der Waals surface area contributed by atoms with E-state index in [-0.39, 0.29) is 12.1 Å². The summed E-state index contributed by atoms with van der Waals surface area (Å²) in [5, 5.41) is 4.87. The molecule has 0 atom stereocenters. The van der Waals surface area contributed by atoms with Gasteiger partial charge in [0.2, 0.25) is 11.7 Å². The van der Waals surface area contributed by atoms with Crippen molar-refractivity contribution in [1.82, 2.24) is 24.3 Å². The summed E-state index contributed by atoms with van der Waals surface area (Å²) >= 11 is 0. The summed E-state index contributed by atoms with van der Waals surface area (Å²) in [7, 11) is 1.64. The molecule has 4 heterocycles. The zero-order chi connectivity index (χ0) is 17.9. The molecule has 0 spiro atoms. The molecule has 4 aromatic rings. The first-order valence-electron chi connectivity index (χ1n) is 8.16. The van der Waals surface area contributed by atoms with Crippen molar-refractivity contribution >= 4 is 10.9 Å². The third kappa shape index (κ3) is 3.02. The molecule has 0 fully saturated rings. The molecular formula is C18H17N5O3. The van der Waals surface area contributed by atoms with E-state index in [0.29, 0.717) is 30.4 Å². The summed E-state index contributed by atoms with van der Waals surface area (Å²) < 4.78 is 13.9. The van der Waals surface area contributed by atoms with Crippen LogP contribution in [0.5, 0.6) is 0 Å². The second-order valence-electron chi connectivity index (χ2n) is 5.80. The van der Waals surface area contributed by atoms with E-state index < -0.39 is 0 Å². The van der Waals surface area contributed by atoms with Gasteiger partial charge < -0.3 is 18.4 Å². The summed E-state index contributed by atoms with van der Waals surface area (Å²) in [5.41, 5.74) is 1.34. The molecule has 0 unspecified atom stereocenters. The minimum absolute atomic E-state index is 0.104. The Balaban J connectivity index is 1.64. The van der Waals surface area contributed by atoms with Crippen LogP contribution in [0.4, 0.5) is 0 Å². The van der Waals surface area contributed by atoms with Crippen LogP contribution >= 0.6 is 0 Å². The maximum atomic E-state index is 12.9. The Hall–Kier alpha value is -3.26. The van der Waals surface area contributed by atoms with E-state index in [9.17, 15) is 4.79 Å². The standard InChI is InChI=1S/C18H17N5O3/c1-25-11-10-22-8-4-13-5-9-23(18(24)16(13)22)12-15-20-17(21-26-15)14-2-6-19-7-3-14/h2-9H,10-12H2,1H3. The summed E-state index contributed by atoms with van der Waals surface area (Å²) in [6.45, 7) is 1.37. The fourth-order valence-electron chi connectivity index (χ4n) is 2.83. The van der Waals surface area contributed by atoms with Gasteiger partial charge in [-0.3, -0.25) is 9.78 Å². The molecule has 0 saturated carbocycles. The highest BCUT2D eigenvalue weighted by molar-refractivity contribution is 5.78. The summed E-state index contributed by atoms with van der Waals surface area (Å²) in [4.78, 5) is 21.2.